The van der Waals surface area contributed by atoms with Crippen molar-refractivity contribution in [3.8, 4) is 0 Å². The zero-order valence-corrected chi connectivity index (χ0v) is 9.47. The van der Waals surface area contributed by atoms with Crippen LogP contribution in [0.4, 0.5) is 8.78 Å². The number of carbonyl (C=O) groups excluding carboxylic acids is 1. The van der Waals surface area contributed by atoms with Crippen LogP contribution in [0, 0.1) is 25.5 Å². The van der Waals surface area contributed by atoms with Crippen molar-refractivity contribution in [3.63, 3.8) is 0 Å². The molecule has 0 aromatic heterocycles. The van der Waals surface area contributed by atoms with E-state index >= 15 is 0 Å². The van der Waals surface area contributed by atoms with Crippen LogP contribution < -0.4 is 5.73 Å². The standard InChI is InChI=1S/C8H8F2.C2H6.CH3NO/c1-5-3-6(2)8(10)7(9)4-5;1-2;2-1-3/h3-4H,1-2H3;1-2H3;1H,(H2,2,3). The molecule has 1 rings (SSSR count). The largest absolute Gasteiger partial charge is 0.372 e. The molecule has 15 heavy (non-hydrogen) atoms. The van der Waals surface area contributed by atoms with E-state index in [9.17, 15) is 8.78 Å². The van der Waals surface area contributed by atoms with Crippen LogP contribution in [-0.2, 0) is 4.79 Å². The van der Waals surface area contributed by atoms with E-state index in [1.165, 1.54) is 6.07 Å². The summed E-state index contributed by atoms with van der Waals surface area (Å²) in [5, 5.41) is 0. The highest BCUT2D eigenvalue weighted by molar-refractivity contribution is 5.42. The van der Waals surface area contributed by atoms with Crippen molar-refractivity contribution in [2.24, 2.45) is 5.73 Å². The first kappa shape index (κ1) is 16.0. The van der Waals surface area contributed by atoms with Gasteiger partial charge in [0.1, 0.15) is 0 Å². The van der Waals surface area contributed by atoms with E-state index in [-0.39, 0.29) is 6.41 Å². The Morgan fingerprint density at radius 2 is 1.60 bits per heavy atom. The minimum atomic E-state index is -0.766. The molecule has 86 valence electrons. The number of halogens is 2. The zero-order valence-electron chi connectivity index (χ0n) is 9.47. The fraction of sp³-hybridized carbons (Fsp3) is 0.364. The van der Waals surface area contributed by atoms with E-state index in [1.807, 2.05) is 13.8 Å². The van der Waals surface area contributed by atoms with Gasteiger partial charge in [0, 0.05) is 0 Å². The molecular formula is C11H17F2NO. The molecule has 0 aliphatic rings. The Kier molecular flexibility index (Phi) is 9.73. The van der Waals surface area contributed by atoms with Crippen LogP contribution in [0.3, 0.4) is 0 Å². The number of rotatable bonds is 0. The number of benzene rings is 1. The molecule has 1 amide bonds. The van der Waals surface area contributed by atoms with Gasteiger partial charge in [-0.25, -0.2) is 8.78 Å². The maximum absolute atomic E-state index is 12.5. The van der Waals surface area contributed by atoms with E-state index in [4.69, 9.17) is 4.79 Å². The molecule has 0 aliphatic carbocycles. The summed E-state index contributed by atoms with van der Waals surface area (Å²) in [6.07, 6.45) is 0.250. The van der Waals surface area contributed by atoms with Crippen LogP contribution in [0.25, 0.3) is 0 Å². The molecule has 0 saturated carbocycles. The molecule has 1 aromatic rings. The second kappa shape index (κ2) is 9.12. The van der Waals surface area contributed by atoms with E-state index in [0.29, 0.717) is 5.56 Å². The average molecular weight is 217 g/mol. The van der Waals surface area contributed by atoms with Crippen molar-refractivity contribution in [2.45, 2.75) is 27.7 Å². The number of aryl methyl sites for hydroxylation is 2. The van der Waals surface area contributed by atoms with Gasteiger partial charge >= 0.3 is 0 Å². The first-order valence-electron chi connectivity index (χ1n) is 4.60. The predicted octanol–water partition coefficient (Wildman–Crippen LogP) is 2.71. The molecule has 0 saturated heterocycles. The Bertz CT molecular complexity index is 278. The lowest BCUT2D eigenvalue weighted by Crippen LogP contribution is -1.89. The lowest BCUT2D eigenvalue weighted by Gasteiger charge is -1.98. The number of carbonyl (C=O) groups is 1. The molecular weight excluding hydrogens is 200 g/mol. The van der Waals surface area contributed by atoms with Crippen LogP contribution in [-0.4, -0.2) is 6.41 Å². The molecule has 0 unspecified atom stereocenters. The van der Waals surface area contributed by atoms with Crippen molar-refractivity contribution in [1.82, 2.24) is 0 Å². The number of nitrogens with two attached hydrogens (primary N) is 1. The van der Waals surface area contributed by atoms with Gasteiger partial charge in [-0.15, -0.1) is 0 Å². The van der Waals surface area contributed by atoms with E-state index in [0.717, 1.165) is 5.56 Å². The maximum atomic E-state index is 12.5. The van der Waals surface area contributed by atoms with Gasteiger partial charge in [-0.05, 0) is 31.0 Å². The summed E-state index contributed by atoms with van der Waals surface area (Å²) < 4.78 is 25.0. The van der Waals surface area contributed by atoms with Crippen molar-refractivity contribution in [1.29, 1.82) is 0 Å². The highest BCUT2D eigenvalue weighted by Gasteiger charge is 2.03. The summed E-state index contributed by atoms with van der Waals surface area (Å²) in [6, 6.07) is 2.79. The predicted molar refractivity (Wildman–Crippen MR) is 57.4 cm³/mol. The molecule has 0 spiro atoms. The Morgan fingerprint density at radius 3 is 1.93 bits per heavy atom. The molecule has 1 aromatic carbocycles. The third kappa shape index (κ3) is 6.60. The summed E-state index contributed by atoms with van der Waals surface area (Å²) in [6.45, 7) is 7.28. The molecule has 0 heterocycles. The van der Waals surface area contributed by atoms with E-state index in [2.05, 4.69) is 5.73 Å². The third-order valence-electron chi connectivity index (χ3n) is 1.35. The summed E-state index contributed by atoms with van der Waals surface area (Å²) in [5.74, 6) is -1.51. The smallest absolute Gasteiger partial charge is 0.204 e. The van der Waals surface area contributed by atoms with Gasteiger partial charge in [0.2, 0.25) is 6.41 Å². The number of primary amides is 1. The molecule has 0 aliphatic heterocycles. The van der Waals surface area contributed by atoms with Crippen LogP contribution in [0.1, 0.15) is 25.0 Å². The topological polar surface area (TPSA) is 43.1 Å². The maximum Gasteiger partial charge on any atom is 0.204 e. The second-order valence-corrected chi connectivity index (χ2v) is 2.51. The van der Waals surface area contributed by atoms with Crippen LogP contribution in [0.2, 0.25) is 0 Å². The average Bonchev–Trinajstić information content (AvgIpc) is 2.18. The summed E-state index contributed by atoms with van der Waals surface area (Å²) in [5.41, 5.74) is 5.27. The Morgan fingerprint density at radius 1 is 1.20 bits per heavy atom. The summed E-state index contributed by atoms with van der Waals surface area (Å²) in [4.78, 5) is 8.58. The normalized spacial score (nSPS) is 7.87. The Labute approximate surface area is 89.1 Å². The first-order valence-corrected chi connectivity index (χ1v) is 4.60. The fourth-order valence-corrected chi connectivity index (χ4v) is 0.898. The molecule has 0 radical (unpaired) electrons. The lowest BCUT2D eigenvalue weighted by atomic mass is 10.1. The zero-order chi connectivity index (χ0) is 12.4. The van der Waals surface area contributed by atoms with E-state index in [1.54, 1.807) is 19.9 Å². The number of hydrogen-bond acceptors (Lipinski definition) is 1. The second-order valence-electron chi connectivity index (χ2n) is 2.51. The number of hydrogen-bond donors (Lipinski definition) is 1. The van der Waals surface area contributed by atoms with Gasteiger partial charge in [-0.3, -0.25) is 4.79 Å². The number of amides is 1. The van der Waals surface area contributed by atoms with Crippen LogP contribution in [0.15, 0.2) is 12.1 Å². The molecule has 2 N–H and O–H groups in total. The molecule has 4 heteroatoms. The highest BCUT2D eigenvalue weighted by atomic mass is 19.2. The van der Waals surface area contributed by atoms with Crippen LogP contribution in [0.5, 0.6) is 0 Å². The summed E-state index contributed by atoms with van der Waals surface area (Å²) in [7, 11) is 0. The van der Waals surface area contributed by atoms with Crippen molar-refractivity contribution < 1.29 is 13.6 Å². The monoisotopic (exact) mass is 217 g/mol. The highest BCUT2D eigenvalue weighted by Crippen LogP contribution is 2.12. The molecule has 2 nitrogen and oxygen atoms in total. The summed E-state index contributed by atoms with van der Waals surface area (Å²) >= 11 is 0. The lowest BCUT2D eigenvalue weighted by molar-refractivity contribution is -0.106. The fourth-order valence-electron chi connectivity index (χ4n) is 0.898. The minimum absolute atomic E-state index is 0.250. The quantitative estimate of drug-likeness (QED) is 0.667. The molecule has 0 bridgehead atoms. The van der Waals surface area contributed by atoms with Gasteiger partial charge in [0.25, 0.3) is 0 Å². The van der Waals surface area contributed by atoms with Gasteiger partial charge in [-0.2, -0.15) is 0 Å². The first-order chi connectivity index (χ1) is 7.02. The molecule has 0 fully saturated rings. The van der Waals surface area contributed by atoms with Gasteiger partial charge in [-0.1, -0.05) is 19.9 Å². The Hall–Kier alpha value is -1.45. The van der Waals surface area contributed by atoms with Crippen molar-refractivity contribution >= 4 is 6.41 Å². The van der Waals surface area contributed by atoms with Crippen LogP contribution >= 0.6 is 0 Å². The molecule has 0 atom stereocenters. The SMILES string of the molecule is CC.Cc1cc(C)c(F)c(F)c1.NC=O. The van der Waals surface area contributed by atoms with Gasteiger partial charge in [0.05, 0.1) is 0 Å². The van der Waals surface area contributed by atoms with Gasteiger partial charge in [0.15, 0.2) is 11.6 Å². The minimum Gasteiger partial charge on any atom is -0.372 e. The van der Waals surface area contributed by atoms with Gasteiger partial charge < -0.3 is 5.73 Å². The van der Waals surface area contributed by atoms with E-state index < -0.39 is 11.6 Å². The third-order valence-corrected chi connectivity index (χ3v) is 1.35. The Balaban J connectivity index is 0. The van der Waals surface area contributed by atoms with Crippen molar-refractivity contribution in [2.75, 3.05) is 0 Å². The van der Waals surface area contributed by atoms with Crippen molar-refractivity contribution in [3.05, 3.63) is 34.9 Å².